The summed E-state index contributed by atoms with van der Waals surface area (Å²) in [4.78, 5) is 16.7. The zero-order valence-corrected chi connectivity index (χ0v) is 13.3. The van der Waals surface area contributed by atoms with Crippen molar-refractivity contribution < 1.29 is 0 Å². The van der Waals surface area contributed by atoms with Crippen molar-refractivity contribution in [1.82, 2.24) is 14.9 Å². The SMILES string of the molecule is C=C(CNC(C)C)Cn1cnc2ccc(Br)cc2c1=O. The minimum absolute atomic E-state index is 0.0398. The van der Waals surface area contributed by atoms with Crippen molar-refractivity contribution in [3.8, 4) is 0 Å². The third-order valence-electron chi connectivity index (χ3n) is 2.94. The number of aromatic nitrogens is 2. The topological polar surface area (TPSA) is 46.9 Å². The van der Waals surface area contributed by atoms with Crippen LogP contribution in [-0.4, -0.2) is 22.1 Å². The molecule has 0 amide bonds. The summed E-state index contributed by atoms with van der Waals surface area (Å²) in [5, 5.41) is 3.91. The predicted molar refractivity (Wildman–Crippen MR) is 86.0 cm³/mol. The molecule has 0 atom stereocenters. The van der Waals surface area contributed by atoms with Crippen LogP contribution in [0.5, 0.6) is 0 Å². The Morgan fingerprint density at radius 1 is 1.50 bits per heavy atom. The summed E-state index contributed by atoms with van der Waals surface area (Å²) >= 11 is 3.38. The van der Waals surface area contributed by atoms with E-state index in [-0.39, 0.29) is 5.56 Å². The molecule has 0 aliphatic rings. The molecule has 0 saturated carbocycles. The molecule has 4 nitrogen and oxygen atoms in total. The number of hydrogen-bond acceptors (Lipinski definition) is 3. The van der Waals surface area contributed by atoms with Gasteiger partial charge in [-0.2, -0.15) is 0 Å². The molecule has 1 aromatic carbocycles. The summed E-state index contributed by atoms with van der Waals surface area (Å²) in [6, 6.07) is 5.91. The molecular weight excluding hydrogens is 318 g/mol. The van der Waals surface area contributed by atoms with Gasteiger partial charge in [0.1, 0.15) is 0 Å². The first-order chi connectivity index (χ1) is 9.47. The molecule has 5 heteroatoms. The van der Waals surface area contributed by atoms with Crippen LogP contribution in [0.1, 0.15) is 13.8 Å². The molecule has 2 aromatic rings. The second kappa shape index (κ2) is 6.33. The third kappa shape index (κ3) is 3.55. The lowest BCUT2D eigenvalue weighted by Crippen LogP contribution is -2.28. The molecule has 20 heavy (non-hydrogen) atoms. The molecule has 1 N–H and O–H groups in total. The molecule has 0 aliphatic heterocycles. The summed E-state index contributed by atoms with van der Waals surface area (Å²) in [5.41, 5.74) is 1.62. The number of rotatable bonds is 5. The number of halogens is 1. The van der Waals surface area contributed by atoms with Gasteiger partial charge in [0.05, 0.1) is 17.2 Å². The Hall–Kier alpha value is -1.46. The molecule has 0 saturated heterocycles. The molecule has 1 heterocycles. The average molecular weight is 336 g/mol. The van der Waals surface area contributed by atoms with E-state index in [1.54, 1.807) is 17.0 Å². The lowest BCUT2D eigenvalue weighted by atomic mass is 10.2. The normalized spacial score (nSPS) is 11.2. The molecule has 2 rings (SSSR count). The van der Waals surface area contributed by atoms with E-state index in [1.165, 1.54) is 0 Å². The second-order valence-electron chi connectivity index (χ2n) is 5.12. The van der Waals surface area contributed by atoms with Gasteiger partial charge in [-0.25, -0.2) is 4.98 Å². The van der Waals surface area contributed by atoms with E-state index < -0.39 is 0 Å². The minimum Gasteiger partial charge on any atom is -0.311 e. The maximum absolute atomic E-state index is 12.4. The van der Waals surface area contributed by atoms with Crippen molar-refractivity contribution >= 4 is 26.8 Å². The predicted octanol–water partition coefficient (Wildman–Crippen LogP) is 2.71. The van der Waals surface area contributed by atoms with Crippen LogP contribution in [0.3, 0.4) is 0 Å². The summed E-state index contributed by atoms with van der Waals surface area (Å²) < 4.78 is 2.47. The van der Waals surface area contributed by atoms with Crippen molar-refractivity contribution in [2.75, 3.05) is 6.54 Å². The first-order valence-electron chi connectivity index (χ1n) is 6.52. The Balaban J connectivity index is 2.25. The van der Waals surface area contributed by atoms with E-state index in [0.29, 0.717) is 30.0 Å². The highest BCUT2D eigenvalue weighted by Gasteiger charge is 2.06. The number of nitrogens with one attached hydrogen (secondary N) is 1. The molecule has 1 aromatic heterocycles. The molecule has 0 radical (unpaired) electrons. The van der Waals surface area contributed by atoms with Crippen LogP contribution in [0.25, 0.3) is 10.9 Å². The monoisotopic (exact) mass is 335 g/mol. The standard InChI is InChI=1S/C15H18BrN3O/c1-10(2)17-7-11(3)8-19-9-18-14-5-4-12(16)6-13(14)15(19)20/h4-6,9-10,17H,3,7-8H2,1-2H3. The largest absolute Gasteiger partial charge is 0.311 e. The number of hydrogen-bond donors (Lipinski definition) is 1. The van der Waals surface area contributed by atoms with Crippen molar-refractivity contribution in [3.63, 3.8) is 0 Å². The van der Waals surface area contributed by atoms with E-state index in [0.717, 1.165) is 10.0 Å². The number of nitrogens with zero attached hydrogens (tertiary/aromatic N) is 2. The van der Waals surface area contributed by atoms with Crippen LogP contribution in [0, 0.1) is 0 Å². The maximum Gasteiger partial charge on any atom is 0.261 e. The summed E-state index contributed by atoms with van der Waals surface area (Å²) in [5.74, 6) is 0. The van der Waals surface area contributed by atoms with Gasteiger partial charge in [0, 0.05) is 23.6 Å². The Morgan fingerprint density at radius 3 is 2.95 bits per heavy atom. The molecule has 0 bridgehead atoms. The number of benzene rings is 1. The highest BCUT2D eigenvalue weighted by molar-refractivity contribution is 9.10. The van der Waals surface area contributed by atoms with Crippen LogP contribution >= 0.6 is 15.9 Å². The van der Waals surface area contributed by atoms with Gasteiger partial charge in [-0.3, -0.25) is 9.36 Å². The van der Waals surface area contributed by atoms with E-state index >= 15 is 0 Å². The molecule has 106 valence electrons. The van der Waals surface area contributed by atoms with Gasteiger partial charge >= 0.3 is 0 Å². The quantitative estimate of drug-likeness (QED) is 0.854. The molecule has 0 unspecified atom stereocenters. The highest BCUT2D eigenvalue weighted by atomic mass is 79.9. The van der Waals surface area contributed by atoms with Gasteiger partial charge in [0.15, 0.2) is 0 Å². The van der Waals surface area contributed by atoms with Crippen LogP contribution in [0.2, 0.25) is 0 Å². The fourth-order valence-corrected chi connectivity index (χ4v) is 2.25. The second-order valence-corrected chi connectivity index (χ2v) is 6.04. The average Bonchev–Trinajstić information content (AvgIpc) is 2.40. The lowest BCUT2D eigenvalue weighted by molar-refractivity contribution is 0.599. The van der Waals surface area contributed by atoms with Crippen LogP contribution in [-0.2, 0) is 6.54 Å². The van der Waals surface area contributed by atoms with Crippen molar-refractivity contribution in [3.05, 3.63) is 51.5 Å². The summed E-state index contributed by atoms with van der Waals surface area (Å²) in [7, 11) is 0. The first kappa shape index (κ1) is 14.9. The smallest absolute Gasteiger partial charge is 0.261 e. The van der Waals surface area contributed by atoms with E-state index in [4.69, 9.17) is 0 Å². The minimum atomic E-state index is -0.0398. The zero-order chi connectivity index (χ0) is 14.7. The van der Waals surface area contributed by atoms with E-state index in [1.807, 2.05) is 12.1 Å². The van der Waals surface area contributed by atoms with Gasteiger partial charge < -0.3 is 5.32 Å². The summed E-state index contributed by atoms with van der Waals surface area (Å²) in [6.07, 6.45) is 1.58. The van der Waals surface area contributed by atoms with E-state index in [9.17, 15) is 4.79 Å². The summed E-state index contributed by atoms with van der Waals surface area (Å²) in [6.45, 7) is 9.33. The highest BCUT2D eigenvalue weighted by Crippen LogP contribution is 2.14. The first-order valence-corrected chi connectivity index (χ1v) is 7.31. The Morgan fingerprint density at radius 2 is 2.25 bits per heavy atom. The fraction of sp³-hybridized carbons (Fsp3) is 0.333. The fourth-order valence-electron chi connectivity index (χ4n) is 1.89. The van der Waals surface area contributed by atoms with Crippen LogP contribution < -0.4 is 10.9 Å². The van der Waals surface area contributed by atoms with Gasteiger partial charge in [0.25, 0.3) is 5.56 Å². The van der Waals surface area contributed by atoms with Crippen LogP contribution in [0.4, 0.5) is 0 Å². The zero-order valence-electron chi connectivity index (χ0n) is 11.7. The Labute approximate surface area is 126 Å². The van der Waals surface area contributed by atoms with Crippen molar-refractivity contribution in [1.29, 1.82) is 0 Å². The Kier molecular flexibility index (Phi) is 4.73. The lowest BCUT2D eigenvalue weighted by Gasteiger charge is -2.12. The number of fused-ring (bicyclic) bond motifs is 1. The molecule has 0 spiro atoms. The molecule has 0 fully saturated rings. The van der Waals surface area contributed by atoms with Gasteiger partial charge in [-0.1, -0.05) is 36.4 Å². The van der Waals surface area contributed by atoms with Gasteiger partial charge in [0.2, 0.25) is 0 Å². The van der Waals surface area contributed by atoms with E-state index in [2.05, 4.69) is 46.7 Å². The third-order valence-corrected chi connectivity index (χ3v) is 3.43. The van der Waals surface area contributed by atoms with Crippen molar-refractivity contribution in [2.24, 2.45) is 0 Å². The van der Waals surface area contributed by atoms with Crippen LogP contribution in [0.15, 0.2) is 45.9 Å². The van der Waals surface area contributed by atoms with Gasteiger partial charge in [-0.05, 0) is 23.8 Å². The van der Waals surface area contributed by atoms with Crippen molar-refractivity contribution in [2.45, 2.75) is 26.4 Å². The molecule has 0 aliphatic carbocycles. The molecular formula is C15H18BrN3O. The Bertz CT molecular complexity index is 691. The van der Waals surface area contributed by atoms with Gasteiger partial charge in [-0.15, -0.1) is 0 Å². The maximum atomic E-state index is 12.4.